The summed E-state index contributed by atoms with van der Waals surface area (Å²) < 4.78 is 4.06. The minimum Gasteiger partial charge on any atom is -0.382 e. The van der Waals surface area contributed by atoms with Gasteiger partial charge in [0.15, 0.2) is 5.82 Å². The van der Waals surface area contributed by atoms with Crippen LogP contribution in [0, 0.1) is 0 Å². The number of hydrogen-bond donors (Lipinski definition) is 1. The highest BCUT2D eigenvalue weighted by atomic mass is 15.3. The van der Waals surface area contributed by atoms with Crippen molar-refractivity contribution in [2.75, 3.05) is 25.4 Å². The zero-order valence-corrected chi connectivity index (χ0v) is 20.1. The maximum atomic E-state index is 6.40. The fraction of sp³-hybridized carbons (Fsp3) is 0.321. The van der Waals surface area contributed by atoms with Crippen LogP contribution in [-0.4, -0.2) is 48.9 Å². The van der Waals surface area contributed by atoms with Gasteiger partial charge in [0, 0.05) is 41.9 Å². The molecule has 0 radical (unpaired) electrons. The van der Waals surface area contributed by atoms with Gasteiger partial charge in [-0.1, -0.05) is 55.5 Å². The average Bonchev–Trinajstić information content (AvgIpc) is 3.55. The Kier molecular flexibility index (Phi) is 5.70. The summed E-state index contributed by atoms with van der Waals surface area (Å²) in [4.78, 5) is 6.87. The molecule has 6 rings (SSSR count). The molecule has 7 nitrogen and oxygen atoms in total. The second-order valence-corrected chi connectivity index (χ2v) is 9.59. The Bertz CT molecular complexity index is 1410. The minimum atomic E-state index is 0.450. The molecule has 2 aliphatic rings. The quantitative estimate of drug-likeness (QED) is 0.456. The van der Waals surface area contributed by atoms with Gasteiger partial charge in [0.2, 0.25) is 0 Å². The fourth-order valence-electron chi connectivity index (χ4n) is 5.48. The third kappa shape index (κ3) is 4.17. The highest BCUT2D eigenvalue weighted by molar-refractivity contribution is 5.91. The van der Waals surface area contributed by atoms with Crippen LogP contribution in [-0.2, 0) is 13.0 Å². The van der Waals surface area contributed by atoms with Gasteiger partial charge in [0.1, 0.15) is 11.8 Å². The van der Waals surface area contributed by atoms with E-state index >= 15 is 0 Å². The molecule has 1 fully saturated rings. The summed E-state index contributed by atoms with van der Waals surface area (Å²) in [6.45, 7) is 6.37. The number of aromatic nitrogens is 5. The largest absolute Gasteiger partial charge is 0.382 e. The number of nitrogen functional groups attached to an aromatic ring is 1. The van der Waals surface area contributed by atoms with Crippen LogP contribution in [0.3, 0.4) is 0 Å². The molecule has 4 aromatic rings. The highest BCUT2D eigenvalue weighted by Crippen LogP contribution is 2.35. The molecule has 0 amide bonds. The summed E-state index contributed by atoms with van der Waals surface area (Å²) in [5.41, 5.74) is 14.3. The van der Waals surface area contributed by atoms with Crippen LogP contribution in [0.15, 0.2) is 61.1 Å². The van der Waals surface area contributed by atoms with Crippen molar-refractivity contribution in [1.29, 1.82) is 0 Å². The van der Waals surface area contributed by atoms with Crippen molar-refractivity contribution in [2.45, 2.75) is 38.6 Å². The summed E-state index contributed by atoms with van der Waals surface area (Å²) in [6.07, 6.45) is 13.4. The average molecular weight is 466 g/mol. The van der Waals surface area contributed by atoms with Crippen molar-refractivity contribution in [3.05, 3.63) is 89.2 Å². The summed E-state index contributed by atoms with van der Waals surface area (Å²) in [7, 11) is 0. The predicted molar refractivity (Wildman–Crippen MR) is 140 cm³/mol. The smallest absolute Gasteiger partial charge is 0.151 e. The molecular formula is C28H31N7. The molecule has 1 saturated heterocycles. The molecule has 0 spiro atoms. The second kappa shape index (κ2) is 9.15. The number of nitrogens with zero attached hydrogens (tertiary/aromatic N) is 6. The van der Waals surface area contributed by atoms with E-state index in [2.05, 4.69) is 76.7 Å². The fourth-order valence-corrected chi connectivity index (χ4v) is 5.48. The Morgan fingerprint density at radius 1 is 1.14 bits per heavy atom. The normalized spacial score (nSPS) is 18.1. The Hall–Kier alpha value is -3.71. The molecule has 1 aliphatic carbocycles. The predicted octanol–water partition coefficient (Wildman–Crippen LogP) is 4.41. The van der Waals surface area contributed by atoms with Crippen LogP contribution in [0.1, 0.15) is 53.8 Å². The second-order valence-electron chi connectivity index (χ2n) is 9.59. The van der Waals surface area contributed by atoms with Gasteiger partial charge >= 0.3 is 0 Å². The molecule has 3 aromatic heterocycles. The van der Waals surface area contributed by atoms with Crippen LogP contribution in [0.4, 0.5) is 5.82 Å². The summed E-state index contributed by atoms with van der Waals surface area (Å²) in [6, 6.07) is 12.7. The first kappa shape index (κ1) is 21.8. The van der Waals surface area contributed by atoms with Gasteiger partial charge in [-0.15, -0.1) is 0 Å². The van der Waals surface area contributed by atoms with Gasteiger partial charge in [-0.05, 0) is 43.1 Å². The molecule has 0 bridgehead atoms. The molecule has 1 atom stereocenters. The van der Waals surface area contributed by atoms with Crippen LogP contribution in [0.25, 0.3) is 17.2 Å². The van der Waals surface area contributed by atoms with E-state index in [0.717, 1.165) is 66.9 Å². The topological polar surface area (TPSA) is 77.3 Å². The molecule has 2 N–H and O–H groups in total. The van der Waals surface area contributed by atoms with Crippen molar-refractivity contribution < 1.29 is 0 Å². The zero-order valence-electron chi connectivity index (χ0n) is 20.1. The van der Waals surface area contributed by atoms with Crippen LogP contribution >= 0.6 is 0 Å². The molecule has 7 heteroatoms. The first-order valence-electron chi connectivity index (χ1n) is 12.5. The summed E-state index contributed by atoms with van der Waals surface area (Å²) >= 11 is 0. The van der Waals surface area contributed by atoms with Gasteiger partial charge in [-0.3, -0.25) is 4.68 Å². The van der Waals surface area contributed by atoms with E-state index in [1.807, 2.05) is 15.3 Å². The number of fused-ring (bicyclic) bond motifs is 2. The van der Waals surface area contributed by atoms with Crippen molar-refractivity contribution >= 4 is 23.0 Å². The van der Waals surface area contributed by atoms with Crippen molar-refractivity contribution in [3.8, 4) is 0 Å². The number of anilines is 1. The zero-order chi connectivity index (χ0) is 23.8. The molecule has 178 valence electrons. The van der Waals surface area contributed by atoms with E-state index in [0.29, 0.717) is 11.7 Å². The van der Waals surface area contributed by atoms with Crippen LogP contribution in [0.5, 0.6) is 0 Å². The van der Waals surface area contributed by atoms with Gasteiger partial charge in [-0.2, -0.15) is 10.2 Å². The lowest BCUT2D eigenvalue weighted by atomic mass is 10.0. The SMILES string of the molecule is CCCN1CCC(c2cc(C3=CCc4nn(Cc5ccccc5)cc4C=C3)c3c(N)ncnn23)C1. The lowest BCUT2D eigenvalue weighted by Gasteiger charge is -2.14. The van der Waals surface area contributed by atoms with Gasteiger partial charge in [0.25, 0.3) is 0 Å². The van der Waals surface area contributed by atoms with Crippen LogP contribution in [0.2, 0.25) is 0 Å². The first-order chi connectivity index (χ1) is 17.2. The minimum absolute atomic E-state index is 0.450. The van der Waals surface area contributed by atoms with E-state index < -0.39 is 0 Å². The number of rotatable bonds is 6. The molecule has 0 saturated carbocycles. The van der Waals surface area contributed by atoms with Crippen LogP contribution < -0.4 is 5.73 Å². The number of likely N-dealkylation sites (tertiary alicyclic amines) is 1. The monoisotopic (exact) mass is 465 g/mol. The summed E-state index contributed by atoms with van der Waals surface area (Å²) in [5.74, 6) is 0.972. The van der Waals surface area contributed by atoms with Gasteiger partial charge < -0.3 is 10.6 Å². The standard InChI is InChI=1S/C28H31N7/c1-2-13-33-14-12-23(17-33)26-15-24(27-28(29)30-19-31-35(26)27)21-8-9-22-18-34(32-25(22)11-10-21)16-20-6-4-3-5-7-20/h3-10,15,18-19,23H,2,11-14,16-17H2,1H3,(H2,29,30,31). The maximum Gasteiger partial charge on any atom is 0.151 e. The molecule has 1 unspecified atom stereocenters. The number of hydrogen-bond acceptors (Lipinski definition) is 5. The maximum absolute atomic E-state index is 6.40. The highest BCUT2D eigenvalue weighted by Gasteiger charge is 2.28. The Morgan fingerprint density at radius 2 is 2.03 bits per heavy atom. The molecule has 4 heterocycles. The lowest BCUT2D eigenvalue weighted by molar-refractivity contribution is 0.334. The summed E-state index contributed by atoms with van der Waals surface area (Å²) in [5, 5.41) is 9.49. The number of benzene rings is 1. The van der Waals surface area contributed by atoms with E-state index in [-0.39, 0.29) is 0 Å². The van der Waals surface area contributed by atoms with Gasteiger partial charge in [-0.25, -0.2) is 9.50 Å². The van der Waals surface area contributed by atoms with Crippen molar-refractivity contribution in [1.82, 2.24) is 29.3 Å². The molecule has 1 aromatic carbocycles. The van der Waals surface area contributed by atoms with E-state index in [1.165, 1.54) is 17.7 Å². The third-order valence-electron chi connectivity index (χ3n) is 7.17. The number of allylic oxidation sites excluding steroid dienone is 3. The first-order valence-corrected chi connectivity index (χ1v) is 12.5. The van der Waals surface area contributed by atoms with E-state index in [9.17, 15) is 0 Å². The van der Waals surface area contributed by atoms with E-state index in [1.54, 1.807) is 6.33 Å². The van der Waals surface area contributed by atoms with Crippen molar-refractivity contribution in [3.63, 3.8) is 0 Å². The van der Waals surface area contributed by atoms with Gasteiger partial charge in [0.05, 0.1) is 12.2 Å². The Labute approximate surface area is 205 Å². The molecule has 1 aliphatic heterocycles. The van der Waals surface area contributed by atoms with Crippen molar-refractivity contribution in [2.24, 2.45) is 0 Å². The third-order valence-corrected chi connectivity index (χ3v) is 7.17. The van der Waals surface area contributed by atoms with E-state index in [4.69, 9.17) is 10.8 Å². The molecular weight excluding hydrogens is 434 g/mol. The lowest BCUT2D eigenvalue weighted by Crippen LogP contribution is -2.21. The number of nitrogens with two attached hydrogens (primary N) is 1. The Balaban J connectivity index is 1.31. The molecule has 35 heavy (non-hydrogen) atoms. The Morgan fingerprint density at radius 3 is 2.89 bits per heavy atom.